The first-order chi connectivity index (χ1) is 19.9. The van der Waals surface area contributed by atoms with Crippen LogP contribution in [0.5, 0.6) is 0 Å². The summed E-state index contributed by atoms with van der Waals surface area (Å²) in [6, 6.07) is 10.2. The number of aryl methyl sites for hydroxylation is 1. The zero-order valence-corrected chi connectivity index (χ0v) is 23.6. The number of halogens is 1. The average Bonchev–Trinajstić information content (AvgIpc) is 2.99. The van der Waals surface area contributed by atoms with Gasteiger partial charge in [0.15, 0.2) is 0 Å². The summed E-state index contributed by atoms with van der Waals surface area (Å²) in [5.74, 6) is 1.55. The molecule has 1 aromatic carbocycles. The van der Waals surface area contributed by atoms with Crippen molar-refractivity contribution in [3.63, 3.8) is 0 Å². The second-order valence-corrected chi connectivity index (χ2v) is 11.9. The lowest BCUT2D eigenvalue weighted by atomic mass is 9.90. The van der Waals surface area contributed by atoms with Crippen molar-refractivity contribution < 1.29 is 9.18 Å². The molecule has 2 fully saturated rings. The summed E-state index contributed by atoms with van der Waals surface area (Å²) in [7, 11) is 0. The van der Waals surface area contributed by atoms with Crippen molar-refractivity contribution in [1.82, 2.24) is 29.4 Å². The largest absolute Gasteiger partial charge is 0.349 e. The molecule has 0 bridgehead atoms. The Morgan fingerprint density at radius 2 is 1.66 bits per heavy atom. The quantitative estimate of drug-likeness (QED) is 0.375. The summed E-state index contributed by atoms with van der Waals surface area (Å²) in [5.41, 5.74) is 1.18. The highest BCUT2D eigenvalue weighted by molar-refractivity contribution is 7.99. The summed E-state index contributed by atoms with van der Waals surface area (Å²) >= 11 is 1.84. The van der Waals surface area contributed by atoms with Gasteiger partial charge in [-0.3, -0.25) is 18.7 Å². The van der Waals surface area contributed by atoms with Gasteiger partial charge in [0.25, 0.3) is 11.5 Å². The van der Waals surface area contributed by atoms with Crippen LogP contribution in [0, 0.1) is 12.7 Å². The Balaban J connectivity index is 1.24. The predicted molar refractivity (Wildman–Crippen MR) is 157 cm³/mol. The average molecular weight is 575 g/mol. The second kappa shape index (κ2) is 11.6. The van der Waals surface area contributed by atoms with Crippen LogP contribution in [0.3, 0.4) is 0 Å². The number of rotatable bonds is 5. The Hall–Kier alpha value is -3.86. The minimum absolute atomic E-state index is 0.0813. The lowest BCUT2D eigenvalue weighted by molar-refractivity contribution is 0.0921. The van der Waals surface area contributed by atoms with E-state index in [2.05, 4.69) is 20.3 Å². The van der Waals surface area contributed by atoms with Gasteiger partial charge in [-0.15, -0.1) is 0 Å². The third-order valence-electron chi connectivity index (χ3n) is 8.08. The predicted octanol–water partition coefficient (Wildman–Crippen LogP) is 4.44. The topological polar surface area (TPSA) is 112 Å². The van der Waals surface area contributed by atoms with Crippen molar-refractivity contribution in [2.45, 2.75) is 63.6 Å². The van der Waals surface area contributed by atoms with E-state index in [1.165, 1.54) is 10.6 Å². The molecule has 0 radical (unpaired) electrons. The molecule has 9 nitrogen and oxygen atoms in total. The monoisotopic (exact) mass is 574 g/mol. The van der Waals surface area contributed by atoms with Crippen LogP contribution >= 0.6 is 11.8 Å². The summed E-state index contributed by atoms with van der Waals surface area (Å²) in [4.78, 5) is 53.7. The van der Waals surface area contributed by atoms with E-state index in [1.54, 1.807) is 17.7 Å². The molecule has 1 aliphatic carbocycles. The van der Waals surface area contributed by atoms with E-state index in [9.17, 15) is 18.8 Å². The van der Waals surface area contributed by atoms with Crippen LogP contribution in [-0.2, 0) is 0 Å². The fourth-order valence-electron chi connectivity index (χ4n) is 5.99. The summed E-state index contributed by atoms with van der Waals surface area (Å²) in [6.07, 6.45) is 6.46. The Kier molecular flexibility index (Phi) is 7.70. The van der Waals surface area contributed by atoms with Crippen molar-refractivity contribution in [2.24, 2.45) is 0 Å². The molecule has 3 aromatic heterocycles. The number of carbonyl (C=O) groups is 1. The minimum atomic E-state index is -0.605. The van der Waals surface area contributed by atoms with Gasteiger partial charge >= 0.3 is 5.69 Å². The van der Waals surface area contributed by atoms with Crippen LogP contribution in [0.2, 0.25) is 0 Å². The van der Waals surface area contributed by atoms with E-state index in [4.69, 9.17) is 0 Å². The fourth-order valence-corrected chi connectivity index (χ4v) is 7.07. The summed E-state index contributed by atoms with van der Waals surface area (Å²) in [6.45, 7) is 1.79. The van der Waals surface area contributed by atoms with Gasteiger partial charge in [-0.05, 0) is 63.0 Å². The van der Waals surface area contributed by atoms with Crippen molar-refractivity contribution in [3.8, 4) is 11.3 Å². The molecule has 1 saturated heterocycles. The van der Waals surface area contributed by atoms with Crippen molar-refractivity contribution >= 4 is 28.7 Å². The molecular formula is C30H31FN6O3S. The molecule has 0 unspecified atom stereocenters. The first kappa shape index (κ1) is 27.3. The minimum Gasteiger partial charge on any atom is -0.349 e. The fraction of sp³-hybridized carbons (Fsp3) is 0.400. The number of thioether (sulfide) groups is 1. The van der Waals surface area contributed by atoms with Gasteiger partial charge in [0.05, 0.1) is 22.8 Å². The molecule has 1 aliphatic heterocycles. The summed E-state index contributed by atoms with van der Waals surface area (Å²) in [5, 5.41) is 3.25. The molecule has 2 aliphatic rings. The number of carbonyl (C=O) groups excluding carboxylic acids is 1. The van der Waals surface area contributed by atoms with Crippen LogP contribution in [0.4, 0.5) is 4.39 Å². The maximum absolute atomic E-state index is 14.2. The number of pyridine rings is 1. The number of amides is 1. The van der Waals surface area contributed by atoms with E-state index < -0.39 is 11.4 Å². The number of aromatic nitrogens is 5. The zero-order valence-electron chi connectivity index (χ0n) is 22.8. The molecule has 1 amide bonds. The first-order valence-electron chi connectivity index (χ1n) is 14.0. The number of fused-ring (bicyclic) bond motifs is 1. The molecule has 4 aromatic rings. The highest BCUT2D eigenvalue weighted by Gasteiger charge is 2.30. The van der Waals surface area contributed by atoms with Crippen LogP contribution in [0.15, 0.2) is 58.4 Å². The number of hydrogen-bond acceptors (Lipinski definition) is 7. The van der Waals surface area contributed by atoms with E-state index in [1.807, 2.05) is 42.1 Å². The molecule has 6 rings (SSSR count). The van der Waals surface area contributed by atoms with Crippen LogP contribution in [-0.4, -0.2) is 47.5 Å². The SMILES string of the molecule is Cc1ncc(C(=O)NC2CCC(n3c(=O)c4cc(F)cnc4n(C4CCSCC4)c3=O)CC2)c(-c2ccccc2)n1. The smallest absolute Gasteiger partial charge is 0.333 e. The highest BCUT2D eigenvalue weighted by atomic mass is 32.2. The van der Waals surface area contributed by atoms with E-state index >= 15 is 0 Å². The molecule has 1 saturated carbocycles. The summed E-state index contributed by atoms with van der Waals surface area (Å²) < 4.78 is 17.1. The number of nitrogens with one attached hydrogen (secondary N) is 1. The van der Waals surface area contributed by atoms with E-state index in [0.717, 1.165) is 36.1 Å². The molecule has 41 heavy (non-hydrogen) atoms. The Bertz CT molecular complexity index is 1710. The maximum atomic E-state index is 14.2. The number of hydrogen-bond donors (Lipinski definition) is 1. The molecule has 4 heterocycles. The molecule has 0 spiro atoms. The van der Waals surface area contributed by atoms with E-state index in [-0.39, 0.29) is 40.8 Å². The third-order valence-corrected chi connectivity index (χ3v) is 9.13. The van der Waals surface area contributed by atoms with Crippen LogP contribution in [0.1, 0.15) is 66.8 Å². The van der Waals surface area contributed by atoms with E-state index in [0.29, 0.717) is 42.8 Å². The standard InChI is InChI=1S/C30H31FN6O3S/c1-18-32-17-25(26(34-18)19-5-3-2-4-6-19)28(38)35-21-7-9-22(10-8-21)37-29(39)24-15-20(31)16-33-27(24)36(30(37)40)23-11-13-41-14-12-23/h2-6,15-17,21-23H,7-14H2,1H3,(H,35,38). The Morgan fingerprint density at radius 3 is 2.39 bits per heavy atom. The van der Waals surface area contributed by atoms with Gasteiger partial charge in [0, 0.05) is 29.9 Å². The normalized spacial score (nSPS) is 19.8. The lowest BCUT2D eigenvalue weighted by Crippen LogP contribution is -2.46. The van der Waals surface area contributed by atoms with Gasteiger partial charge < -0.3 is 5.32 Å². The lowest BCUT2D eigenvalue weighted by Gasteiger charge is -2.31. The van der Waals surface area contributed by atoms with Crippen molar-refractivity contribution in [1.29, 1.82) is 0 Å². The van der Waals surface area contributed by atoms with Gasteiger partial charge in [0.2, 0.25) is 0 Å². The van der Waals surface area contributed by atoms with Crippen molar-refractivity contribution in [2.75, 3.05) is 11.5 Å². The van der Waals surface area contributed by atoms with Crippen LogP contribution < -0.4 is 16.6 Å². The molecule has 0 atom stereocenters. The maximum Gasteiger partial charge on any atom is 0.333 e. The molecular weight excluding hydrogens is 543 g/mol. The third kappa shape index (κ3) is 5.42. The Morgan fingerprint density at radius 1 is 0.951 bits per heavy atom. The highest BCUT2D eigenvalue weighted by Crippen LogP contribution is 2.30. The van der Waals surface area contributed by atoms with Gasteiger partial charge in [-0.2, -0.15) is 11.8 Å². The zero-order chi connectivity index (χ0) is 28.5. The number of benzene rings is 1. The molecule has 11 heteroatoms. The van der Waals surface area contributed by atoms with Gasteiger partial charge in [-0.1, -0.05) is 30.3 Å². The second-order valence-electron chi connectivity index (χ2n) is 10.7. The van der Waals surface area contributed by atoms with Crippen molar-refractivity contribution in [3.05, 3.63) is 86.8 Å². The van der Waals surface area contributed by atoms with Crippen LogP contribution in [0.25, 0.3) is 22.3 Å². The molecule has 212 valence electrons. The Labute approximate surface area is 240 Å². The van der Waals surface area contributed by atoms with Gasteiger partial charge in [-0.25, -0.2) is 24.1 Å². The first-order valence-corrected chi connectivity index (χ1v) is 15.2. The van der Waals surface area contributed by atoms with Gasteiger partial charge in [0.1, 0.15) is 17.3 Å². The number of nitrogens with zero attached hydrogens (tertiary/aromatic N) is 5. The molecule has 1 N–H and O–H groups in total.